The van der Waals surface area contributed by atoms with Crippen LogP contribution in [0.4, 0.5) is 4.79 Å². The van der Waals surface area contributed by atoms with Crippen molar-refractivity contribution in [3.05, 3.63) is 59.7 Å². The third-order valence-electron chi connectivity index (χ3n) is 6.22. The molecule has 34 heavy (non-hydrogen) atoms. The Labute approximate surface area is 197 Å². The molecule has 9 heteroatoms. The lowest BCUT2D eigenvalue weighted by molar-refractivity contribution is -0.144. The van der Waals surface area contributed by atoms with E-state index in [1.807, 2.05) is 24.3 Å². The molecule has 4 rings (SSSR count). The van der Waals surface area contributed by atoms with Gasteiger partial charge in [0.1, 0.15) is 6.61 Å². The fraction of sp³-hybridized carbons (Fsp3) is 0.400. The van der Waals surface area contributed by atoms with E-state index < -0.39 is 29.9 Å². The number of hydrogen-bond acceptors (Lipinski definition) is 6. The van der Waals surface area contributed by atoms with Crippen molar-refractivity contribution in [2.45, 2.75) is 24.5 Å². The van der Waals surface area contributed by atoms with E-state index in [0.717, 1.165) is 22.3 Å². The summed E-state index contributed by atoms with van der Waals surface area (Å²) in [6.07, 6.45) is -0.541. The number of carbonyl (C=O) groups excluding carboxylic acids is 2. The number of carbonyl (C=O) groups is 3. The van der Waals surface area contributed by atoms with Crippen molar-refractivity contribution in [2.24, 2.45) is 5.92 Å². The van der Waals surface area contributed by atoms with Crippen molar-refractivity contribution in [3.63, 3.8) is 0 Å². The highest BCUT2D eigenvalue weighted by Gasteiger charge is 2.33. The van der Waals surface area contributed by atoms with E-state index in [1.165, 1.54) is 7.11 Å². The number of hydrogen-bond donors (Lipinski definition) is 3. The Morgan fingerprint density at radius 2 is 1.74 bits per heavy atom. The van der Waals surface area contributed by atoms with Crippen molar-refractivity contribution >= 4 is 18.0 Å². The van der Waals surface area contributed by atoms with Crippen LogP contribution in [0, 0.1) is 5.92 Å². The first-order chi connectivity index (χ1) is 16.5. The number of carboxylic acid groups (broad SMARTS) is 1. The molecule has 0 bridgehead atoms. The topological polar surface area (TPSA) is 123 Å². The largest absolute Gasteiger partial charge is 0.480 e. The molecule has 0 saturated carbocycles. The number of benzene rings is 2. The van der Waals surface area contributed by atoms with E-state index in [4.69, 9.17) is 19.3 Å². The van der Waals surface area contributed by atoms with Gasteiger partial charge < -0.3 is 30.0 Å². The van der Waals surface area contributed by atoms with E-state index in [1.54, 1.807) is 0 Å². The third kappa shape index (κ3) is 5.21. The number of alkyl carbamates (subject to hydrolysis) is 1. The Kier molecular flexibility index (Phi) is 7.44. The first-order valence-corrected chi connectivity index (χ1v) is 11.2. The molecule has 180 valence electrons. The summed E-state index contributed by atoms with van der Waals surface area (Å²) in [5, 5.41) is 14.3. The highest BCUT2D eigenvalue weighted by Crippen LogP contribution is 2.44. The minimum Gasteiger partial charge on any atom is -0.480 e. The zero-order chi connectivity index (χ0) is 24.1. The molecule has 3 N–H and O–H groups in total. The van der Waals surface area contributed by atoms with Crippen LogP contribution in [0.5, 0.6) is 0 Å². The van der Waals surface area contributed by atoms with Gasteiger partial charge in [-0.3, -0.25) is 4.79 Å². The van der Waals surface area contributed by atoms with Crippen LogP contribution in [-0.2, 0) is 23.8 Å². The Morgan fingerprint density at radius 1 is 1.09 bits per heavy atom. The van der Waals surface area contributed by atoms with Crippen LogP contribution in [0.3, 0.4) is 0 Å². The SMILES string of the molecule is COCC(NC(=O)C1COC(CNC(=O)OCC2c3ccccc3-c3ccccc32)C1)C(=O)O. The second kappa shape index (κ2) is 10.7. The second-order valence-corrected chi connectivity index (χ2v) is 8.45. The predicted molar refractivity (Wildman–Crippen MR) is 122 cm³/mol. The fourth-order valence-corrected chi connectivity index (χ4v) is 4.51. The van der Waals surface area contributed by atoms with Crippen molar-refractivity contribution in [2.75, 3.05) is 33.5 Å². The van der Waals surface area contributed by atoms with E-state index in [9.17, 15) is 14.4 Å². The summed E-state index contributed by atoms with van der Waals surface area (Å²) in [5.41, 5.74) is 4.59. The molecule has 2 amide bonds. The van der Waals surface area contributed by atoms with Crippen molar-refractivity contribution in [1.82, 2.24) is 10.6 Å². The lowest BCUT2D eigenvalue weighted by Crippen LogP contribution is -2.46. The summed E-state index contributed by atoms with van der Waals surface area (Å²) < 4.78 is 15.9. The summed E-state index contributed by atoms with van der Waals surface area (Å²) in [5.74, 6) is -2.09. The van der Waals surface area contributed by atoms with Gasteiger partial charge in [0.15, 0.2) is 6.04 Å². The lowest BCUT2D eigenvalue weighted by atomic mass is 9.98. The molecule has 0 aromatic heterocycles. The van der Waals surface area contributed by atoms with Gasteiger partial charge >= 0.3 is 12.1 Å². The van der Waals surface area contributed by atoms with Gasteiger partial charge in [-0.25, -0.2) is 9.59 Å². The normalized spacial score (nSPS) is 19.7. The van der Waals surface area contributed by atoms with Crippen LogP contribution in [0.1, 0.15) is 23.5 Å². The maximum absolute atomic E-state index is 12.3. The van der Waals surface area contributed by atoms with Gasteiger partial charge in [-0.1, -0.05) is 48.5 Å². The molecular formula is C25H28N2O7. The minimum absolute atomic E-state index is 0.0248. The van der Waals surface area contributed by atoms with Crippen LogP contribution in [-0.4, -0.2) is 68.7 Å². The Morgan fingerprint density at radius 3 is 2.35 bits per heavy atom. The number of nitrogens with one attached hydrogen (secondary N) is 2. The van der Waals surface area contributed by atoms with Crippen molar-refractivity contribution in [1.29, 1.82) is 0 Å². The molecule has 1 heterocycles. The molecule has 1 aliphatic carbocycles. The lowest BCUT2D eigenvalue weighted by Gasteiger charge is -2.16. The van der Waals surface area contributed by atoms with Crippen molar-refractivity contribution in [3.8, 4) is 11.1 Å². The first-order valence-electron chi connectivity index (χ1n) is 11.2. The molecule has 2 aliphatic rings. The van der Waals surface area contributed by atoms with E-state index >= 15 is 0 Å². The zero-order valence-corrected chi connectivity index (χ0v) is 18.9. The predicted octanol–water partition coefficient (Wildman–Crippen LogP) is 2.15. The molecule has 0 radical (unpaired) electrons. The van der Waals surface area contributed by atoms with Gasteiger partial charge in [-0.05, 0) is 28.7 Å². The standard InChI is InChI=1S/C25H28N2O7/c1-32-14-22(24(29)30)27-23(28)15-10-16(33-12-15)11-26-25(31)34-13-21-19-8-4-2-6-17(19)18-7-3-5-9-20(18)21/h2-9,15-16,21-22H,10-14H2,1H3,(H,26,31)(H,27,28)(H,29,30). The number of aliphatic carboxylic acids is 1. The molecule has 0 spiro atoms. The average Bonchev–Trinajstić information content (AvgIpc) is 3.44. The molecule has 1 aliphatic heterocycles. The number of ether oxygens (including phenoxy) is 3. The molecule has 9 nitrogen and oxygen atoms in total. The van der Waals surface area contributed by atoms with Gasteiger partial charge in [-0.2, -0.15) is 0 Å². The quantitative estimate of drug-likeness (QED) is 0.515. The highest BCUT2D eigenvalue weighted by atomic mass is 16.5. The molecule has 1 fully saturated rings. The van der Waals surface area contributed by atoms with Crippen LogP contribution in [0.15, 0.2) is 48.5 Å². The zero-order valence-electron chi connectivity index (χ0n) is 18.9. The van der Waals surface area contributed by atoms with Crippen molar-refractivity contribution < 1.29 is 33.7 Å². The van der Waals surface area contributed by atoms with E-state index in [-0.39, 0.29) is 38.4 Å². The molecule has 3 unspecified atom stereocenters. The van der Waals surface area contributed by atoms with Gasteiger partial charge in [0.05, 0.1) is 25.2 Å². The first kappa shape index (κ1) is 23.7. The maximum Gasteiger partial charge on any atom is 0.407 e. The number of rotatable bonds is 9. The summed E-state index contributed by atoms with van der Waals surface area (Å²) >= 11 is 0. The Bertz CT molecular complexity index is 1010. The third-order valence-corrected chi connectivity index (χ3v) is 6.22. The summed E-state index contributed by atoms with van der Waals surface area (Å²) in [4.78, 5) is 35.9. The molecule has 3 atom stereocenters. The molecule has 2 aromatic carbocycles. The summed E-state index contributed by atoms with van der Waals surface area (Å²) in [6.45, 7) is 0.441. The van der Waals surface area contributed by atoms with Crippen LogP contribution >= 0.6 is 0 Å². The van der Waals surface area contributed by atoms with Gasteiger partial charge in [0.2, 0.25) is 5.91 Å². The Balaban J connectivity index is 1.24. The smallest absolute Gasteiger partial charge is 0.407 e. The number of fused-ring (bicyclic) bond motifs is 3. The van der Waals surface area contributed by atoms with E-state index in [0.29, 0.717) is 6.42 Å². The molecule has 1 saturated heterocycles. The summed E-state index contributed by atoms with van der Waals surface area (Å²) in [7, 11) is 1.37. The van der Waals surface area contributed by atoms with Gasteiger partial charge in [0.25, 0.3) is 0 Å². The second-order valence-electron chi connectivity index (χ2n) is 8.45. The maximum atomic E-state index is 12.3. The summed E-state index contributed by atoms with van der Waals surface area (Å²) in [6, 6.07) is 15.1. The van der Waals surface area contributed by atoms with Gasteiger partial charge in [0, 0.05) is 19.6 Å². The fourth-order valence-electron chi connectivity index (χ4n) is 4.51. The highest BCUT2D eigenvalue weighted by molar-refractivity contribution is 5.85. The molecular weight excluding hydrogens is 440 g/mol. The van der Waals surface area contributed by atoms with Gasteiger partial charge in [-0.15, -0.1) is 0 Å². The van der Waals surface area contributed by atoms with Crippen LogP contribution in [0.25, 0.3) is 11.1 Å². The minimum atomic E-state index is -1.16. The van der Waals surface area contributed by atoms with Crippen LogP contribution in [0.2, 0.25) is 0 Å². The average molecular weight is 469 g/mol. The molecule has 2 aromatic rings. The monoisotopic (exact) mass is 468 g/mol. The Hall–Kier alpha value is -3.43. The number of carboxylic acids is 1. The van der Waals surface area contributed by atoms with Crippen LogP contribution < -0.4 is 10.6 Å². The van der Waals surface area contributed by atoms with E-state index in [2.05, 4.69) is 34.9 Å². The number of methoxy groups -OCH3 is 1. The number of amides is 2.